The molecule has 0 aliphatic heterocycles. The fraction of sp³-hybridized carbons (Fsp3) is 0.167. The van der Waals surface area contributed by atoms with E-state index in [0.717, 1.165) is 0 Å². The summed E-state index contributed by atoms with van der Waals surface area (Å²) in [5.74, 6) is 0.126. The molecule has 0 radical (unpaired) electrons. The summed E-state index contributed by atoms with van der Waals surface area (Å²) in [7, 11) is -0.971. The minimum atomic E-state index is -3.72. The molecule has 0 fully saturated rings. The van der Waals surface area contributed by atoms with Gasteiger partial charge in [0.15, 0.2) is 5.03 Å². The quantitative estimate of drug-likeness (QED) is 0.786. The first-order valence-corrected chi connectivity index (χ1v) is 6.83. The summed E-state index contributed by atoms with van der Waals surface area (Å²) in [6, 6.07) is 9.21. The van der Waals surface area contributed by atoms with Crippen LogP contribution in [-0.2, 0) is 9.84 Å². The van der Waals surface area contributed by atoms with E-state index in [2.05, 4.69) is 9.97 Å². The first kappa shape index (κ1) is 13.3. The molecule has 0 aliphatic rings. The van der Waals surface area contributed by atoms with E-state index < -0.39 is 9.84 Å². The number of nitrogens with zero attached hydrogens (tertiary/aromatic N) is 2. The van der Waals surface area contributed by atoms with Gasteiger partial charge in [0.05, 0.1) is 19.1 Å². The highest BCUT2D eigenvalue weighted by molar-refractivity contribution is 7.91. The Labute approximate surface area is 111 Å². The second-order valence-corrected chi connectivity index (χ2v) is 5.45. The zero-order valence-corrected chi connectivity index (χ0v) is 11.2. The van der Waals surface area contributed by atoms with Crippen LogP contribution in [0.5, 0.6) is 11.9 Å². The van der Waals surface area contributed by atoms with Gasteiger partial charge in [-0.1, -0.05) is 18.2 Å². The summed E-state index contributed by atoms with van der Waals surface area (Å²) in [5, 5.41) is -0.164. The fourth-order valence-corrected chi connectivity index (χ4v) is 2.65. The van der Waals surface area contributed by atoms with Crippen LogP contribution in [-0.4, -0.2) is 32.6 Å². The van der Waals surface area contributed by atoms with E-state index in [4.69, 9.17) is 9.47 Å². The minimum absolute atomic E-state index is 0.0612. The highest BCUT2D eigenvalue weighted by Gasteiger charge is 2.21. The first-order valence-electron chi connectivity index (χ1n) is 5.35. The molecule has 1 aromatic carbocycles. The number of aromatic nitrogens is 2. The third kappa shape index (κ3) is 2.65. The number of hydrogen-bond acceptors (Lipinski definition) is 6. The van der Waals surface area contributed by atoms with Gasteiger partial charge < -0.3 is 9.47 Å². The smallest absolute Gasteiger partial charge is 0.320 e. The molecule has 0 N–H and O–H groups in total. The maximum Gasteiger partial charge on any atom is 0.320 e. The lowest BCUT2D eigenvalue weighted by molar-refractivity contribution is 0.346. The normalized spacial score (nSPS) is 11.1. The Balaban J connectivity index is 2.58. The van der Waals surface area contributed by atoms with Crippen molar-refractivity contribution in [2.45, 2.75) is 9.92 Å². The first-order chi connectivity index (χ1) is 9.07. The summed E-state index contributed by atoms with van der Waals surface area (Å²) in [6.45, 7) is 0. The summed E-state index contributed by atoms with van der Waals surface area (Å²) >= 11 is 0. The van der Waals surface area contributed by atoms with Crippen molar-refractivity contribution in [1.29, 1.82) is 0 Å². The Morgan fingerprint density at radius 2 is 1.68 bits per heavy atom. The molecule has 0 unspecified atom stereocenters. The Bertz CT molecular complexity index is 649. The number of ether oxygens (including phenoxy) is 2. The van der Waals surface area contributed by atoms with Crippen LogP contribution in [0.3, 0.4) is 0 Å². The van der Waals surface area contributed by atoms with Gasteiger partial charge >= 0.3 is 6.01 Å². The molecule has 2 aromatic rings. The van der Waals surface area contributed by atoms with Crippen molar-refractivity contribution in [3.63, 3.8) is 0 Å². The van der Waals surface area contributed by atoms with E-state index in [1.807, 2.05) is 0 Å². The number of sulfone groups is 1. The van der Waals surface area contributed by atoms with E-state index >= 15 is 0 Å². The average Bonchev–Trinajstić information content (AvgIpc) is 2.47. The van der Waals surface area contributed by atoms with Gasteiger partial charge in [0, 0.05) is 6.07 Å². The second-order valence-electron chi connectivity index (χ2n) is 3.55. The molecule has 2 rings (SSSR count). The number of benzene rings is 1. The van der Waals surface area contributed by atoms with Gasteiger partial charge in [0.1, 0.15) is 0 Å². The summed E-state index contributed by atoms with van der Waals surface area (Å²) < 4.78 is 34.5. The van der Waals surface area contributed by atoms with Gasteiger partial charge in [-0.25, -0.2) is 8.42 Å². The molecule has 0 bridgehead atoms. The van der Waals surface area contributed by atoms with Gasteiger partial charge in [-0.05, 0) is 12.1 Å². The maximum absolute atomic E-state index is 12.4. The predicted molar refractivity (Wildman–Crippen MR) is 67.0 cm³/mol. The number of methoxy groups -OCH3 is 2. The Morgan fingerprint density at radius 3 is 2.26 bits per heavy atom. The van der Waals surface area contributed by atoms with Crippen LogP contribution < -0.4 is 9.47 Å². The molecule has 0 aliphatic carbocycles. The van der Waals surface area contributed by atoms with Gasteiger partial charge in [0.2, 0.25) is 15.7 Å². The SMILES string of the molecule is COc1cc(S(=O)(=O)c2ccccc2)nc(OC)n1. The summed E-state index contributed by atoms with van der Waals surface area (Å²) in [6.07, 6.45) is 0. The van der Waals surface area contributed by atoms with Crippen LogP contribution >= 0.6 is 0 Å². The van der Waals surface area contributed by atoms with Crippen LogP contribution in [0, 0.1) is 0 Å². The molecule has 0 spiro atoms. The third-order valence-electron chi connectivity index (χ3n) is 2.38. The Hall–Kier alpha value is -2.15. The van der Waals surface area contributed by atoms with Crippen molar-refractivity contribution in [3.8, 4) is 11.9 Å². The molecule has 100 valence electrons. The van der Waals surface area contributed by atoms with Crippen molar-refractivity contribution < 1.29 is 17.9 Å². The molecule has 0 saturated carbocycles. The van der Waals surface area contributed by atoms with Crippen LogP contribution in [0.25, 0.3) is 0 Å². The van der Waals surface area contributed by atoms with Crippen molar-refractivity contribution in [3.05, 3.63) is 36.4 Å². The third-order valence-corrected chi connectivity index (χ3v) is 4.03. The zero-order chi connectivity index (χ0) is 13.9. The molecule has 19 heavy (non-hydrogen) atoms. The molecule has 7 heteroatoms. The number of rotatable bonds is 4. The molecule has 6 nitrogen and oxygen atoms in total. The van der Waals surface area contributed by atoms with Gasteiger partial charge in [-0.2, -0.15) is 9.97 Å². The van der Waals surface area contributed by atoms with E-state index in [1.165, 1.54) is 32.4 Å². The molecular formula is C12H12N2O4S. The largest absolute Gasteiger partial charge is 0.481 e. The molecule has 0 amide bonds. The highest BCUT2D eigenvalue weighted by atomic mass is 32.2. The van der Waals surface area contributed by atoms with Crippen molar-refractivity contribution in [2.24, 2.45) is 0 Å². The topological polar surface area (TPSA) is 78.4 Å². The van der Waals surface area contributed by atoms with Crippen LogP contribution in [0.4, 0.5) is 0 Å². The van der Waals surface area contributed by atoms with Gasteiger partial charge in [0.25, 0.3) is 0 Å². The van der Waals surface area contributed by atoms with E-state index in [-0.39, 0.29) is 21.8 Å². The van der Waals surface area contributed by atoms with Crippen LogP contribution in [0.1, 0.15) is 0 Å². The standard InChI is InChI=1S/C12H12N2O4S/c1-17-10-8-11(14-12(13-10)18-2)19(15,16)9-6-4-3-5-7-9/h3-8H,1-2H3. The van der Waals surface area contributed by atoms with Gasteiger partial charge in [-0.15, -0.1) is 0 Å². The van der Waals surface area contributed by atoms with Crippen molar-refractivity contribution in [1.82, 2.24) is 9.97 Å². The fourth-order valence-electron chi connectivity index (χ4n) is 1.44. The van der Waals surface area contributed by atoms with Crippen LogP contribution in [0.15, 0.2) is 46.3 Å². The van der Waals surface area contributed by atoms with E-state index in [0.29, 0.717) is 0 Å². The molecule has 1 aromatic heterocycles. The lowest BCUT2D eigenvalue weighted by Crippen LogP contribution is -2.07. The zero-order valence-electron chi connectivity index (χ0n) is 10.4. The molecule has 0 atom stereocenters. The van der Waals surface area contributed by atoms with Crippen LogP contribution in [0.2, 0.25) is 0 Å². The Kier molecular flexibility index (Phi) is 3.66. The summed E-state index contributed by atoms with van der Waals surface area (Å²) in [4.78, 5) is 7.85. The minimum Gasteiger partial charge on any atom is -0.481 e. The monoisotopic (exact) mass is 280 g/mol. The predicted octanol–water partition coefficient (Wildman–Crippen LogP) is 1.33. The van der Waals surface area contributed by atoms with Crippen molar-refractivity contribution >= 4 is 9.84 Å². The maximum atomic E-state index is 12.4. The molecule has 1 heterocycles. The Morgan fingerprint density at radius 1 is 1.00 bits per heavy atom. The van der Waals surface area contributed by atoms with E-state index in [9.17, 15) is 8.42 Å². The average molecular weight is 280 g/mol. The highest BCUT2D eigenvalue weighted by Crippen LogP contribution is 2.23. The lowest BCUT2D eigenvalue weighted by atomic mass is 10.4. The van der Waals surface area contributed by atoms with Gasteiger partial charge in [-0.3, -0.25) is 0 Å². The second kappa shape index (κ2) is 5.23. The number of hydrogen-bond donors (Lipinski definition) is 0. The summed E-state index contributed by atoms with van der Waals surface area (Å²) in [5.41, 5.74) is 0. The molecular weight excluding hydrogens is 268 g/mol. The molecule has 0 saturated heterocycles. The van der Waals surface area contributed by atoms with Crippen molar-refractivity contribution in [2.75, 3.05) is 14.2 Å². The lowest BCUT2D eigenvalue weighted by Gasteiger charge is -2.07. The van der Waals surface area contributed by atoms with E-state index in [1.54, 1.807) is 18.2 Å².